The summed E-state index contributed by atoms with van der Waals surface area (Å²) >= 11 is 0. The topological polar surface area (TPSA) is 76.0 Å². The molecule has 1 aromatic heterocycles. The van der Waals surface area contributed by atoms with Crippen molar-refractivity contribution in [2.75, 3.05) is 10.6 Å². The highest BCUT2D eigenvalue weighted by molar-refractivity contribution is 6.05. The van der Waals surface area contributed by atoms with Gasteiger partial charge in [0.05, 0.1) is 5.69 Å². The molecular formula is C32H36N4O2. The number of hydrogen-bond acceptors (Lipinski definition) is 4. The molecule has 1 heterocycles. The molecule has 38 heavy (non-hydrogen) atoms. The molecule has 0 fully saturated rings. The van der Waals surface area contributed by atoms with Gasteiger partial charge in [-0.1, -0.05) is 70.5 Å². The zero-order valence-electron chi connectivity index (χ0n) is 23.1. The second-order valence-corrected chi connectivity index (χ2v) is 10.7. The number of aromatic nitrogens is 2. The van der Waals surface area contributed by atoms with E-state index in [4.69, 9.17) is 0 Å². The monoisotopic (exact) mass is 508 g/mol. The van der Waals surface area contributed by atoms with Crippen LogP contribution in [0.25, 0.3) is 11.3 Å². The Kier molecular flexibility index (Phi) is 7.81. The Bertz CT molecular complexity index is 1490. The van der Waals surface area contributed by atoms with E-state index in [1.807, 2.05) is 61.5 Å². The first-order valence-electron chi connectivity index (χ1n) is 13.0. The van der Waals surface area contributed by atoms with E-state index in [0.717, 1.165) is 29.7 Å². The van der Waals surface area contributed by atoms with Crippen molar-refractivity contribution in [2.45, 2.75) is 52.9 Å². The van der Waals surface area contributed by atoms with Gasteiger partial charge in [-0.2, -0.15) is 0 Å². The Balaban J connectivity index is 1.60. The third-order valence-electron chi connectivity index (χ3n) is 6.70. The highest BCUT2D eigenvalue weighted by Crippen LogP contribution is 2.29. The van der Waals surface area contributed by atoms with Crippen LogP contribution in [-0.4, -0.2) is 15.5 Å². The number of nitrogens with one attached hydrogen (secondary N) is 2. The average molecular weight is 509 g/mol. The Labute approximate surface area is 224 Å². The lowest BCUT2D eigenvalue weighted by Gasteiger charge is -2.19. The number of carbonyl (C=O) groups excluding carboxylic acids is 1. The van der Waals surface area contributed by atoms with Gasteiger partial charge in [0.1, 0.15) is 0 Å². The summed E-state index contributed by atoms with van der Waals surface area (Å²) in [6.45, 7) is 10.5. The molecule has 0 bridgehead atoms. The third kappa shape index (κ3) is 6.02. The van der Waals surface area contributed by atoms with Crippen molar-refractivity contribution in [3.8, 4) is 11.3 Å². The van der Waals surface area contributed by atoms with Gasteiger partial charge in [-0.05, 0) is 65.8 Å². The van der Waals surface area contributed by atoms with Crippen molar-refractivity contribution >= 4 is 23.1 Å². The molecule has 0 spiro atoms. The first-order valence-corrected chi connectivity index (χ1v) is 13.0. The lowest BCUT2D eigenvalue weighted by atomic mass is 9.86. The van der Waals surface area contributed by atoms with Crippen LogP contribution in [-0.2, 0) is 18.9 Å². The van der Waals surface area contributed by atoms with Gasteiger partial charge in [0.2, 0.25) is 0 Å². The normalized spacial score (nSPS) is 11.3. The predicted octanol–water partition coefficient (Wildman–Crippen LogP) is 7.00. The second-order valence-electron chi connectivity index (χ2n) is 10.7. The smallest absolute Gasteiger partial charge is 0.293 e. The van der Waals surface area contributed by atoms with E-state index in [0.29, 0.717) is 16.9 Å². The van der Waals surface area contributed by atoms with Crippen LogP contribution < -0.4 is 16.2 Å². The number of anilines is 3. The van der Waals surface area contributed by atoms with Crippen LogP contribution in [0.2, 0.25) is 0 Å². The molecular weight excluding hydrogens is 472 g/mol. The van der Waals surface area contributed by atoms with Gasteiger partial charge in [0.15, 0.2) is 5.82 Å². The molecule has 1 amide bonds. The summed E-state index contributed by atoms with van der Waals surface area (Å²) in [6.07, 6.45) is 3.82. The van der Waals surface area contributed by atoms with Crippen LogP contribution in [0, 0.1) is 6.92 Å². The molecule has 4 aromatic rings. The summed E-state index contributed by atoms with van der Waals surface area (Å²) in [5.41, 5.74) is 6.69. The number of rotatable bonds is 7. The minimum Gasteiger partial charge on any atom is -0.336 e. The lowest BCUT2D eigenvalue weighted by Crippen LogP contribution is -2.21. The molecule has 4 rings (SSSR count). The quantitative estimate of drug-likeness (QED) is 0.282. The van der Waals surface area contributed by atoms with Gasteiger partial charge in [0.25, 0.3) is 11.5 Å². The summed E-state index contributed by atoms with van der Waals surface area (Å²) in [5, 5.41) is 6.22. The van der Waals surface area contributed by atoms with Gasteiger partial charge in [0, 0.05) is 35.7 Å². The summed E-state index contributed by atoms with van der Waals surface area (Å²) < 4.78 is 1.53. The van der Waals surface area contributed by atoms with Crippen LogP contribution in [0.15, 0.2) is 77.7 Å². The average Bonchev–Trinajstić information content (AvgIpc) is 2.88. The van der Waals surface area contributed by atoms with E-state index in [1.165, 1.54) is 15.7 Å². The van der Waals surface area contributed by atoms with E-state index < -0.39 is 0 Å². The largest absolute Gasteiger partial charge is 0.336 e. The maximum Gasteiger partial charge on any atom is 0.293 e. The van der Waals surface area contributed by atoms with Gasteiger partial charge < -0.3 is 15.2 Å². The van der Waals surface area contributed by atoms with Crippen molar-refractivity contribution in [2.24, 2.45) is 7.05 Å². The zero-order valence-corrected chi connectivity index (χ0v) is 23.1. The van der Waals surface area contributed by atoms with Crippen molar-refractivity contribution in [1.29, 1.82) is 0 Å². The maximum atomic E-state index is 13.0. The fourth-order valence-corrected chi connectivity index (χ4v) is 4.36. The number of amides is 1. The summed E-state index contributed by atoms with van der Waals surface area (Å²) in [6, 6.07) is 21.5. The van der Waals surface area contributed by atoms with Gasteiger partial charge in [-0.15, -0.1) is 0 Å². The number of benzene rings is 3. The lowest BCUT2D eigenvalue weighted by molar-refractivity contribution is 0.102. The van der Waals surface area contributed by atoms with Crippen LogP contribution >= 0.6 is 0 Å². The third-order valence-corrected chi connectivity index (χ3v) is 6.70. The molecule has 196 valence electrons. The first-order chi connectivity index (χ1) is 18.1. The van der Waals surface area contributed by atoms with Crippen molar-refractivity contribution < 1.29 is 4.79 Å². The molecule has 2 N–H and O–H groups in total. The molecule has 0 aliphatic heterocycles. The van der Waals surface area contributed by atoms with Crippen molar-refractivity contribution in [3.63, 3.8) is 0 Å². The molecule has 0 saturated heterocycles. The van der Waals surface area contributed by atoms with Crippen LogP contribution in [0.5, 0.6) is 0 Å². The molecule has 3 aromatic carbocycles. The van der Waals surface area contributed by atoms with E-state index in [1.54, 1.807) is 13.2 Å². The summed E-state index contributed by atoms with van der Waals surface area (Å²) in [7, 11) is 1.71. The maximum absolute atomic E-state index is 13.0. The minimum atomic E-state index is -0.216. The van der Waals surface area contributed by atoms with Crippen molar-refractivity contribution in [3.05, 3.63) is 106 Å². The SMILES string of the molecule is CCCc1ccc(Nc2nc(-c3cccc(NC(=O)c4ccc(C(C)(C)C)cc4)c3C)cn(C)c2=O)cc1. The second kappa shape index (κ2) is 11.1. The molecule has 0 aliphatic rings. The van der Waals surface area contributed by atoms with Gasteiger partial charge in [-0.25, -0.2) is 4.98 Å². The van der Waals surface area contributed by atoms with Crippen LogP contribution in [0.3, 0.4) is 0 Å². The molecule has 0 atom stereocenters. The number of aryl methyl sites for hydroxylation is 2. The molecule has 0 aliphatic carbocycles. The molecule has 6 nitrogen and oxygen atoms in total. The van der Waals surface area contributed by atoms with E-state index in [9.17, 15) is 9.59 Å². The van der Waals surface area contributed by atoms with Gasteiger partial charge in [-0.3, -0.25) is 9.59 Å². The standard InChI is InChI=1S/C32H36N4O2/c1-7-9-22-12-18-25(19-13-22)33-29-31(38)36(6)20-28(34-29)26-10-8-11-27(21(26)2)35-30(37)23-14-16-24(17-15-23)32(3,4)5/h8,10-20H,7,9H2,1-6H3,(H,33,34)(H,35,37). The van der Waals surface area contributed by atoms with Gasteiger partial charge >= 0.3 is 0 Å². The number of nitrogens with zero attached hydrogens (tertiary/aromatic N) is 2. The zero-order chi connectivity index (χ0) is 27.4. The summed E-state index contributed by atoms with van der Waals surface area (Å²) in [5.74, 6) is 0.0778. The van der Waals surface area contributed by atoms with Crippen molar-refractivity contribution in [1.82, 2.24) is 9.55 Å². The Hall–Kier alpha value is -4.19. The number of carbonyl (C=O) groups is 1. The molecule has 6 heteroatoms. The minimum absolute atomic E-state index is 0.0227. The number of hydrogen-bond donors (Lipinski definition) is 2. The van der Waals surface area contributed by atoms with Crippen LogP contribution in [0.1, 0.15) is 61.2 Å². The Morgan fingerprint density at radius 2 is 1.66 bits per heavy atom. The Morgan fingerprint density at radius 1 is 0.974 bits per heavy atom. The molecule has 0 unspecified atom stereocenters. The molecule has 0 radical (unpaired) electrons. The fraction of sp³-hybridized carbons (Fsp3) is 0.281. The van der Waals surface area contributed by atoms with E-state index >= 15 is 0 Å². The highest BCUT2D eigenvalue weighted by atomic mass is 16.1. The van der Waals surface area contributed by atoms with Crippen LogP contribution in [0.4, 0.5) is 17.2 Å². The fourth-order valence-electron chi connectivity index (χ4n) is 4.36. The first kappa shape index (κ1) is 26.9. The van der Waals surface area contributed by atoms with E-state index in [-0.39, 0.29) is 22.7 Å². The highest BCUT2D eigenvalue weighted by Gasteiger charge is 2.16. The van der Waals surface area contributed by atoms with E-state index in [2.05, 4.69) is 55.4 Å². The molecule has 0 saturated carbocycles. The predicted molar refractivity (Wildman–Crippen MR) is 156 cm³/mol. The summed E-state index contributed by atoms with van der Waals surface area (Å²) in [4.78, 5) is 30.5. The Morgan fingerprint density at radius 3 is 2.29 bits per heavy atom.